The molecular formula is C16H10F3NS. The van der Waals surface area contributed by atoms with Crippen LogP contribution in [-0.4, -0.2) is 4.98 Å². The minimum Gasteiger partial charge on any atom is -0.236 e. The Labute approximate surface area is 123 Å². The van der Waals surface area contributed by atoms with Crippen LogP contribution in [0.25, 0.3) is 21.8 Å². The summed E-state index contributed by atoms with van der Waals surface area (Å²) in [6.07, 6.45) is -4.34. The molecule has 0 aliphatic rings. The summed E-state index contributed by atoms with van der Waals surface area (Å²) in [6, 6.07) is 14.8. The molecule has 0 saturated carbocycles. The van der Waals surface area contributed by atoms with Gasteiger partial charge in [-0.25, -0.2) is 4.98 Å². The molecule has 3 rings (SSSR count). The molecule has 0 fully saturated rings. The first kappa shape index (κ1) is 13.8. The van der Waals surface area contributed by atoms with Crippen molar-refractivity contribution < 1.29 is 13.2 Å². The van der Waals surface area contributed by atoms with E-state index in [-0.39, 0.29) is 0 Å². The Balaban J connectivity index is 1.97. The van der Waals surface area contributed by atoms with Crippen molar-refractivity contribution >= 4 is 11.3 Å². The van der Waals surface area contributed by atoms with Crippen LogP contribution < -0.4 is 0 Å². The second-order valence-electron chi connectivity index (χ2n) is 4.48. The van der Waals surface area contributed by atoms with Crippen molar-refractivity contribution in [2.24, 2.45) is 0 Å². The number of aromatic nitrogens is 1. The van der Waals surface area contributed by atoms with Crippen LogP contribution in [-0.2, 0) is 6.18 Å². The summed E-state index contributed by atoms with van der Waals surface area (Å²) in [4.78, 5) is 4.43. The molecule has 5 heteroatoms. The van der Waals surface area contributed by atoms with Crippen LogP contribution in [0.15, 0.2) is 60.0 Å². The van der Waals surface area contributed by atoms with Crippen molar-refractivity contribution in [1.29, 1.82) is 0 Å². The van der Waals surface area contributed by atoms with Gasteiger partial charge in [0.05, 0.1) is 11.3 Å². The van der Waals surface area contributed by atoms with Gasteiger partial charge in [-0.1, -0.05) is 42.5 Å². The lowest BCUT2D eigenvalue weighted by atomic mass is 10.1. The molecule has 1 nitrogen and oxygen atoms in total. The number of thiazole rings is 1. The normalized spacial score (nSPS) is 11.6. The topological polar surface area (TPSA) is 12.9 Å². The highest BCUT2D eigenvalue weighted by atomic mass is 32.1. The summed E-state index contributed by atoms with van der Waals surface area (Å²) in [6.45, 7) is 0. The van der Waals surface area contributed by atoms with Crippen LogP contribution in [0.5, 0.6) is 0 Å². The van der Waals surface area contributed by atoms with Gasteiger partial charge < -0.3 is 0 Å². The predicted molar refractivity (Wildman–Crippen MR) is 78.0 cm³/mol. The van der Waals surface area contributed by atoms with Gasteiger partial charge in [-0.3, -0.25) is 0 Å². The molecule has 0 bridgehead atoms. The molecule has 1 aromatic heterocycles. The number of hydrogen-bond donors (Lipinski definition) is 0. The lowest BCUT2D eigenvalue weighted by Gasteiger charge is -2.07. The molecule has 0 aliphatic heterocycles. The number of hydrogen-bond acceptors (Lipinski definition) is 2. The molecule has 1 heterocycles. The van der Waals surface area contributed by atoms with E-state index in [0.717, 1.165) is 23.4 Å². The Morgan fingerprint density at radius 3 is 2.29 bits per heavy atom. The van der Waals surface area contributed by atoms with Gasteiger partial charge in [-0.05, 0) is 12.1 Å². The quantitative estimate of drug-likeness (QED) is 0.609. The lowest BCUT2D eigenvalue weighted by Crippen LogP contribution is -2.04. The Morgan fingerprint density at radius 2 is 1.57 bits per heavy atom. The van der Waals surface area contributed by atoms with Crippen LogP contribution >= 0.6 is 11.3 Å². The summed E-state index contributed by atoms with van der Waals surface area (Å²) in [5.74, 6) is 0. The number of alkyl halides is 3. The standard InChI is InChI=1S/C16H10F3NS/c17-16(18,19)13-8-4-7-12(9-13)15-20-14(10-21-15)11-5-2-1-3-6-11/h1-10H. The maximum Gasteiger partial charge on any atom is 0.416 e. The summed E-state index contributed by atoms with van der Waals surface area (Å²) < 4.78 is 38.2. The molecule has 0 radical (unpaired) electrons. The van der Waals surface area contributed by atoms with Gasteiger partial charge in [-0.15, -0.1) is 11.3 Å². The molecule has 0 spiro atoms. The average Bonchev–Trinajstić information content (AvgIpc) is 2.97. The Hall–Kier alpha value is -2.14. The van der Waals surface area contributed by atoms with Gasteiger partial charge >= 0.3 is 6.18 Å². The van der Waals surface area contributed by atoms with Crippen LogP contribution in [0.4, 0.5) is 13.2 Å². The predicted octanol–water partition coefficient (Wildman–Crippen LogP) is 5.50. The van der Waals surface area contributed by atoms with Gasteiger partial charge in [0.2, 0.25) is 0 Å². The Morgan fingerprint density at radius 1 is 0.857 bits per heavy atom. The van der Waals surface area contributed by atoms with E-state index in [1.165, 1.54) is 17.4 Å². The third-order valence-electron chi connectivity index (χ3n) is 3.01. The van der Waals surface area contributed by atoms with Gasteiger partial charge in [0.25, 0.3) is 0 Å². The molecule has 0 aliphatic carbocycles. The number of nitrogens with zero attached hydrogens (tertiary/aromatic N) is 1. The molecular weight excluding hydrogens is 295 g/mol. The van der Waals surface area contributed by atoms with Crippen molar-refractivity contribution in [2.75, 3.05) is 0 Å². The first-order chi connectivity index (χ1) is 10.0. The van der Waals surface area contributed by atoms with Crippen LogP contribution in [0.3, 0.4) is 0 Å². The number of halogens is 3. The van der Waals surface area contributed by atoms with E-state index in [0.29, 0.717) is 10.6 Å². The summed E-state index contributed by atoms with van der Waals surface area (Å²) in [5.41, 5.74) is 1.55. The van der Waals surface area contributed by atoms with Crippen LogP contribution in [0.2, 0.25) is 0 Å². The van der Waals surface area contributed by atoms with Crippen molar-refractivity contribution in [3.8, 4) is 21.8 Å². The number of benzene rings is 2. The molecule has 21 heavy (non-hydrogen) atoms. The van der Waals surface area contributed by atoms with Crippen LogP contribution in [0.1, 0.15) is 5.56 Å². The second-order valence-corrected chi connectivity index (χ2v) is 5.34. The summed E-state index contributed by atoms with van der Waals surface area (Å²) in [7, 11) is 0. The van der Waals surface area contributed by atoms with Crippen molar-refractivity contribution in [1.82, 2.24) is 4.98 Å². The molecule has 0 amide bonds. The van der Waals surface area contributed by atoms with Crippen molar-refractivity contribution in [3.05, 3.63) is 65.5 Å². The second kappa shape index (κ2) is 5.33. The minimum absolute atomic E-state index is 0.483. The third-order valence-corrected chi connectivity index (χ3v) is 3.90. The fourth-order valence-corrected chi connectivity index (χ4v) is 2.80. The van der Waals surface area contributed by atoms with E-state index in [2.05, 4.69) is 4.98 Å². The highest BCUT2D eigenvalue weighted by molar-refractivity contribution is 7.13. The molecule has 0 unspecified atom stereocenters. The van der Waals surface area contributed by atoms with Crippen LogP contribution in [0, 0.1) is 0 Å². The molecule has 0 N–H and O–H groups in total. The summed E-state index contributed by atoms with van der Waals surface area (Å²) in [5, 5.41) is 2.44. The largest absolute Gasteiger partial charge is 0.416 e. The molecule has 2 aromatic carbocycles. The fourth-order valence-electron chi connectivity index (χ4n) is 1.98. The summed E-state index contributed by atoms with van der Waals surface area (Å²) >= 11 is 1.34. The molecule has 0 atom stereocenters. The highest BCUT2D eigenvalue weighted by Gasteiger charge is 2.30. The van der Waals surface area contributed by atoms with E-state index in [1.54, 1.807) is 6.07 Å². The Bertz CT molecular complexity index is 747. The first-order valence-electron chi connectivity index (χ1n) is 6.22. The zero-order valence-electron chi connectivity index (χ0n) is 10.8. The SMILES string of the molecule is FC(F)(F)c1cccc(-c2nc(-c3ccccc3)cs2)c1. The lowest BCUT2D eigenvalue weighted by molar-refractivity contribution is -0.137. The monoisotopic (exact) mass is 305 g/mol. The van der Waals surface area contributed by atoms with Crippen molar-refractivity contribution in [2.45, 2.75) is 6.18 Å². The van der Waals surface area contributed by atoms with E-state index in [4.69, 9.17) is 0 Å². The zero-order chi connectivity index (χ0) is 14.9. The maximum atomic E-state index is 12.7. The molecule has 3 aromatic rings. The number of rotatable bonds is 2. The van der Waals surface area contributed by atoms with Gasteiger partial charge in [0.15, 0.2) is 0 Å². The van der Waals surface area contributed by atoms with E-state index in [1.807, 2.05) is 35.7 Å². The minimum atomic E-state index is -4.34. The molecule has 0 saturated heterocycles. The Kier molecular flexibility index (Phi) is 3.51. The zero-order valence-corrected chi connectivity index (χ0v) is 11.6. The smallest absolute Gasteiger partial charge is 0.236 e. The maximum absolute atomic E-state index is 12.7. The van der Waals surface area contributed by atoms with Crippen molar-refractivity contribution in [3.63, 3.8) is 0 Å². The van der Waals surface area contributed by atoms with E-state index in [9.17, 15) is 13.2 Å². The van der Waals surface area contributed by atoms with Gasteiger partial charge in [0.1, 0.15) is 5.01 Å². The average molecular weight is 305 g/mol. The fraction of sp³-hybridized carbons (Fsp3) is 0.0625. The van der Waals surface area contributed by atoms with Gasteiger partial charge in [0, 0.05) is 16.5 Å². The van der Waals surface area contributed by atoms with Gasteiger partial charge in [-0.2, -0.15) is 13.2 Å². The van der Waals surface area contributed by atoms with E-state index < -0.39 is 11.7 Å². The highest BCUT2D eigenvalue weighted by Crippen LogP contribution is 2.34. The van der Waals surface area contributed by atoms with E-state index >= 15 is 0 Å². The first-order valence-corrected chi connectivity index (χ1v) is 7.10. The third kappa shape index (κ3) is 2.97. The molecule has 106 valence electrons.